The van der Waals surface area contributed by atoms with Crippen molar-refractivity contribution in [1.82, 2.24) is 5.32 Å². The Hall–Kier alpha value is -1.39. The first-order chi connectivity index (χ1) is 9.81. The number of hydrogen-bond donors (Lipinski definition) is 2. The molecule has 1 fully saturated rings. The number of hydrogen-bond acceptors (Lipinski definition) is 3. The summed E-state index contributed by atoms with van der Waals surface area (Å²) in [7, 11) is 0. The predicted molar refractivity (Wildman–Crippen MR) is 78.9 cm³/mol. The van der Waals surface area contributed by atoms with E-state index in [2.05, 4.69) is 22.8 Å². The van der Waals surface area contributed by atoms with Gasteiger partial charge in [0.05, 0.1) is 12.6 Å². The third-order valence-corrected chi connectivity index (χ3v) is 4.06. The number of carbonyl (C=O) groups excluding carboxylic acids is 1. The lowest BCUT2D eigenvalue weighted by atomic mass is 10.1. The highest BCUT2D eigenvalue weighted by molar-refractivity contribution is 5.92. The second kappa shape index (κ2) is 6.37. The summed E-state index contributed by atoms with van der Waals surface area (Å²) in [6, 6.07) is 6.25. The summed E-state index contributed by atoms with van der Waals surface area (Å²) < 4.78 is 5.51. The van der Waals surface area contributed by atoms with Crippen LogP contribution in [-0.4, -0.2) is 31.7 Å². The van der Waals surface area contributed by atoms with Crippen LogP contribution in [-0.2, 0) is 22.4 Å². The van der Waals surface area contributed by atoms with Crippen LogP contribution in [0.2, 0.25) is 0 Å². The van der Waals surface area contributed by atoms with Gasteiger partial charge in [-0.3, -0.25) is 4.79 Å². The molecule has 20 heavy (non-hydrogen) atoms. The van der Waals surface area contributed by atoms with Crippen LogP contribution >= 0.6 is 0 Å². The van der Waals surface area contributed by atoms with Crippen molar-refractivity contribution >= 4 is 11.6 Å². The van der Waals surface area contributed by atoms with Crippen molar-refractivity contribution in [3.63, 3.8) is 0 Å². The van der Waals surface area contributed by atoms with Crippen molar-refractivity contribution < 1.29 is 9.53 Å². The summed E-state index contributed by atoms with van der Waals surface area (Å²) in [5.41, 5.74) is 3.73. The lowest BCUT2D eigenvalue weighted by molar-refractivity contribution is -0.115. The summed E-state index contributed by atoms with van der Waals surface area (Å²) in [4.78, 5) is 11.9. The van der Waals surface area contributed by atoms with Gasteiger partial charge >= 0.3 is 0 Å². The molecular formula is C16H22N2O2. The predicted octanol–water partition coefficient (Wildman–Crippen LogP) is 1.88. The van der Waals surface area contributed by atoms with Gasteiger partial charge in [-0.25, -0.2) is 0 Å². The van der Waals surface area contributed by atoms with Gasteiger partial charge in [0.15, 0.2) is 0 Å². The van der Waals surface area contributed by atoms with Crippen molar-refractivity contribution in [3.8, 4) is 0 Å². The monoisotopic (exact) mass is 274 g/mol. The number of ether oxygens (including phenoxy) is 1. The first-order valence-corrected chi connectivity index (χ1v) is 7.55. The molecule has 0 saturated carbocycles. The molecule has 1 aliphatic heterocycles. The summed E-state index contributed by atoms with van der Waals surface area (Å²) in [6.07, 6.45) is 6.05. The maximum Gasteiger partial charge on any atom is 0.238 e. The summed E-state index contributed by atoms with van der Waals surface area (Å²) in [5.74, 6) is 0.0148. The van der Waals surface area contributed by atoms with Crippen LogP contribution in [0, 0.1) is 0 Å². The number of amides is 1. The van der Waals surface area contributed by atoms with E-state index in [1.54, 1.807) is 0 Å². The first kappa shape index (κ1) is 13.6. The Bertz CT molecular complexity index is 481. The minimum Gasteiger partial charge on any atom is -0.377 e. The molecule has 0 spiro atoms. The van der Waals surface area contributed by atoms with Gasteiger partial charge in [0, 0.05) is 18.8 Å². The lowest BCUT2D eigenvalue weighted by Gasteiger charge is -2.11. The van der Waals surface area contributed by atoms with Crippen molar-refractivity contribution in [2.75, 3.05) is 25.0 Å². The zero-order valence-electron chi connectivity index (χ0n) is 11.8. The Morgan fingerprint density at radius 3 is 3.00 bits per heavy atom. The smallest absolute Gasteiger partial charge is 0.238 e. The van der Waals surface area contributed by atoms with Gasteiger partial charge in [0.25, 0.3) is 0 Å². The molecule has 1 aromatic carbocycles. The fraction of sp³-hybridized carbons (Fsp3) is 0.562. The van der Waals surface area contributed by atoms with E-state index in [1.807, 2.05) is 6.07 Å². The van der Waals surface area contributed by atoms with Crippen molar-refractivity contribution in [2.45, 2.75) is 38.2 Å². The fourth-order valence-electron chi connectivity index (χ4n) is 3.01. The van der Waals surface area contributed by atoms with E-state index in [1.165, 1.54) is 24.0 Å². The summed E-state index contributed by atoms with van der Waals surface area (Å²) in [6.45, 7) is 1.96. The molecule has 0 radical (unpaired) electrons. The molecule has 2 aliphatic rings. The number of benzene rings is 1. The summed E-state index contributed by atoms with van der Waals surface area (Å²) in [5, 5.41) is 6.12. The molecule has 2 N–H and O–H groups in total. The van der Waals surface area contributed by atoms with Crippen LogP contribution in [0.1, 0.15) is 30.4 Å². The topological polar surface area (TPSA) is 50.4 Å². The number of rotatable bonds is 5. The molecule has 1 aromatic rings. The Balaban J connectivity index is 1.44. The summed E-state index contributed by atoms with van der Waals surface area (Å²) >= 11 is 0. The average Bonchev–Trinajstić information content (AvgIpc) is 3.08. The number of aryl methyl sites for hydroxylation is 2. The maximum atomic E-state index is 11.9. The number of nitrogens with one attached hydrogen (secondary N) is 2. The van der Waals surface area contributed by atoms with Crippen LogP contribution in [0.15, 0.2) is 18.2 Å². The molecule has 0 bridgehead atoms. The largest absolute Gasteiger partial charge is 0.377 e. The van der Waals surface area contributed by atoms with Crippen molar-refractivity contribution in [2.24, 2.45) is 0 Å². The highest BCUT2D eigenvalue weighted by Crippen LogP contribution is 2.24. The zero-order valence-corrected chi connectivity index (χ0v) is 11.8. The molecule has 4 heteroatoms. The SMILES string of the molecule is O=C(CNCC1CCCO1)Nc1ccc2c(c1)CCC2. The third-order valence-electron chi connectivity index (χ3n) is 4.06. The second-order valence-electron chi connectivity index (χ2n) is 5.65. The van der Waals surface area contributed by atoms with E-state index in [4.69, 9.17) is 4.74 Å². The second-order valence-corrected chi connectivity index (χ2v) is 5.65. The van der Waals surface area contributed by atoms with E-state index in [-0.39, 0.29) is 12.0 Å². The molecule has 108 valence electrons. The van der Waals surface area contributed by atoms with Crippen LogP contribution in [0.5, 0.6) is 0 Å². The first-order valence-electron chi connectivity index (χ1n) is 7.55. The van der Waals surface area contributed by atoms with E-state index in [0.29, 0.717) is 6.54 Å². The van der Waals surface area contributed by atoms with Crippen LogP contribution < -0.4 is 10.6 Å². The van der Waals surface area contributed by atoms with Gasteiger partial charge in [-0.1, -0.05) is 6.07 Å². The highest BCUT2D eigenvalue weighted by atomic mass is 16.5. The molecule has 1 atom stereocenters. The molecule has 1 saturated heterocycles. The van der Waals surface area contributed by atoms with E-state index >= 15 is 0 Å². The van der Waals surface area contributed by atoms with E-state index in [0.717, 1.165) is 38.1 Å². The van der Waals surface area contributed by atoms with Crippen molar-refractivity contribution in [1.29, 1.82) is 0 Å². The molecule has 1 amide bonds. The van der Waals surface area contributed by atoms with Gasteiger partial charge in [0.1, 0.15) is 0 Å². The van der Waals surface area contributed by atoms with Gasteiger partial charge < -0.3 is 15.4 Å². The quantitative estimate of drug-likeness (QED) is 0.862. The average molecular weight is 274 g/mol. The van der Waals surface area contributed by atoms with E-state index in [9.17, 15) is 4.79 Å². The Morgan fingerprint density at radius 1 is 1.25 bits per heavy atom. The molecule has 4 nitrogen and oxygen atoms in total. The van der Waals surface area contributed by atoms with Crippen LogP contribution in [0.4, 0.5) is 5.69 Å². The Labute approximate surface area is 119 Å². The normalized spacial score (nSPS) is 20.9. The number of fused-ring (bicyclic) bond motifs is 1. The fourth-order valence-corrected chi connectivity index (χ4v) is 3.01. The van der Waals surface area contributed by atoms with E-state index < -0.39 is 0 Å². The molecule has 1 heterocycles. The Kier molecular flexibility index (Phi) is 4.33. The Morgan fingerprint density at radius 2 is 2.15 bits per heavy atom. The third kappa shape index (κ3) is 3.38. The molecule has 1 unspecified atom stereocenters. The highest BCUT2D eigenvalue weighted by Gasteiger charge is 2.15. The standard InChI is InChI=1S/C16H22N2O2/c19-16(11-17-10-15-5-2-8-20-15)18-14-7-6-12-3-1-4-13(12)9-14/h6-7,9,15,17H,1-5,8,10-11H2,(H,18,19). The van der Waals surface area contributed by atoms with Gasteiger partial charge in [-0.05, 0) is 55.4 Å². The maximum absolute atomic E-state index is 11.9. The van der Waals surface area contributed by atoms with Crippen LogP contribution in [0.3, 0.4) is 0 Å². The van der Waals surface area contributed by atoms with Gasteiger partial charge in [0.2, 0.25) is 5.91 Å². The number of carbonyl (C=O) groups is 1. The zero-order chi connectivity index (χ0) is 13.8. The molecule has 1 aliphatic carbocycles. The van der Waals surface area contributed by atoms with Crippen LogP contribution in [0.25, 0.3) is 0 Å². The molecule has 3 rings (SSSR count). The molecule has 0 aromatic heterocycles. The van der Waals surface area contributed by atoms with Gasteiger partial charge in [-0.2, -0.15) is 0 Å². The number of anilines is 1. The minimum absolute atomic E-state index is 0.0148. The minimum atomic E-state index is 0.0148. The van der Waals surface area contributed by atoms with Crippen molar-refractivity contribution in [3.05, 3.63) is 29.3 Å². The van der Waals surface area contributed by atoms with Gasteiger partial charge in [-0.15, -0.1) is 0 Å². The molecular weight excluding hydrogens is 252 g/mol. The lowest BCUT2D eigenvalue weighted by Crippen LogP contribution is -2.33.